The molecule has 0 aliphatic heterocycles. The van der Waals surface area contributed by atoms with Crippen molar-refractivity contribution in [2.45, 2.75) is 20.0 Å². The van der Waals surface area contributed by atoms with Crippen LogP contribution in [-0.2, 0) is 24.9 Å². The average Bonchev–Trinajstić information content (AvgIpc) is 3.04. The zero-order chi connectivity index (χ0) is 18.8. The van der Waals surface area contributed by atoms with Crippen molar-refractivity contribution in [3.63, 3.8) is 0 Å². The highest BCUT2D eigenvalue weighted by Crippen LogP contribution is 2.09. The Morgan fingerprint density at radius 2 is 2.11 bits per heavy atom. The van der Waals surface area contributed by atoms with Gasteiger partial charge in [-0.25, -0.2) is 9.98 Å². The number of nitrogens with one attached hydrogen (secondary N) is 1. The summed E-state index contributed by atoms with van der Waals surface area (Å²) in [5, 5.41) is 3.34. The highest BCUT2D eigenvalue weighted by Gasteiger charge is 2.08. The summed E-state index contributed by atoms with van der Waals surface area (Å²) in [7, 11) is 5.74. The third kappa shape index (κ3) is 7.76. The van der Waals surface area contributed by atoms with E-state index in [1.165, 1.54) is 5.69 Å². The first-order chi connectivity index (χ1) is 12.6. The number of hydrogen-bond donors (Lipinski definition) is 1. The summed E-state index contributed by atoms with van der Waals surface area (Å²) in [5.41, 5.74) is 2.27. The molecule has 2 aromatic heterocycles. The smallest absolute Gasteiger partial charge is 0.213 e. The Morgan fingerprint density at radius 1 is 1.30 bits per heavy atom. The lowest BCUT2D eigenvalue weighted by Gasteiger charge is -2.22. The number of ether oxygens (including phenoxy) is 2. The van der Waals surface area contributed by atoms with Gasteiger partial charge in [0, 0.05) is 51.9 Å². The highest BCUT2D eigenvalue weighted by molar-refractivity contribution is 14.0. The Hall–Kier alpha value is -1.81. The number of methoxy groups -OCH3 is 1. The number of aryl methyl sites for hydroxylation is 1. The summed E-state index contributed by atoms with van der Waals surface area (Å²) in [4.78, 5) is 11.1. The summed E-state index contributed by atoms with van der Waals surface area (Å²) < 4.78 is 12.6. The molecule has 1 N–H and O–H groups in total. The van der Waals surface area contributed by atoms with Crippen molar-refractivity contribution in [1.29, 1.82) is 0 Å². The maximum atomic E-state index is 5.48. The van der Waals surface area contributed by atoms with Gasteiger partial charge in [-0.1, -0.05) is 6.07 Å². The topological polar surface area (TPSA) is 63.9 Å². The van der Waals surface area contributed by atoms with Crippen LogP contribution in [0, 0.1) is 0 Å². The van der Waals surface area contributed by atoms with Gasteiger partial charge in [0.05, 0.1) is 19.7 Å². The second kappa shape index (κ2) is 12.6. The molecule has 2 rings (SSSR count). The molecule has 150 valence electrons. The van der Waals surface area contributed by atoms with Gasteiger partial charge in [-0.3, -0.25) is 0 Å². The van der Waals surface area contributed by atoms with Crippen LogP contribution in [0.2, 0.25) is 0 Å². The first-order valence-electron chi connectivity index (χ1n) is 8.80. The molecule has 0 fully saturated rings. The number of rotatable bonds is 9. The van der Waals surface area contributed by atoms with E-state index in [0.717, 1.165) is 24.6 Å². The van der Waals surface area contributed by atoms with E-state index in [9.17, 15) is 0 Å². The molecule has 7 nitrogen and oxygen atoms in total. The van der Waals surface area contributed by atoms with Crippen LogP contribution in [0.1, 0.15) is 18.2 Å². The van der Waals surface area contributed by atoms with Crippen LogP contribution < -0.4 is 10.1 Å². The summed E-state index contributed by atoms with van der Waals surface area (Å²) in [6.07, 6.45) is 3.85. The summed E-state index contributed by atoms with van der Waals surface area (Å²) in [6, 6.07) is 8.02. The Labute approximate surface area is 178 Å². The van der Waals surface area contributed by atoms with Gasteiger partial charge < -0.3 is 24.3 Å². The zero-order valence-electron chi connectivity index (χ0n) is 16.5. The number of pyridine rings is 1. The molecule has 8 heteroatoms. The molecule has 0 atom stereocenters. The van der Waals surface area contributed by atoms with E-state index in [1.54, 1.807) is 13.3 Å². The van der Waals surface area contributed by atoms with E-state index in [0.29, 0.717) is 25.6 Å². The summed E-state index contributed by atoms with van der Waals surface area (Å²) >= 11 is 0. The minimum absolute atomic E-state index is 0. The summed E-state index contributed by atoms with van der Waals surface area (Å²) in [5.74, 6) is 1.47. The number of guanidine groups is 1. The number of hydrogen-bond acceptors (Lipinski definition) is 4. The molecule has 2 aromatic rings. The minimum Gasteiger partial charge on any atom is -0.475 e. The lowest BCUT2D eigenvalue weighted by Crippen LogP contribution is -2.38. The van der Waals surface area contributed by atoms with Crippen LogP contribution in [0.25, 0.3) is 0 Å². The molecule has 27 heavy (non-hydrogen) atoms. The largest absolute Gasteiger partial charge is 0.475 e. The molecule has 0 amide bonds. The van der Waals surface area contributed by atoms with Crippen LogP contribution in [0.3, 0.4) is 0 Å². The second-order valence-electron chi connectivity index (χ2n) is 5.98. The number of halogens is 1. The number of aromatic nitrogens is 2. The first-order valence-corrected chi connectivity index (χ1v) is 8.80. The third-order valence-electron chi connectivity index (χ3n) is 3.89. The molecular weight excluding hydrogens is 457 g/mol. The van der Waals surface area contributed by atoms with Gasteiger partial charge in [0.1, 0.15) is 6.61 Å². The fourth-order valence-electron chi connectivity index (χ4n) is 2.43. The van der Waals surface area contributed by atoms with Crippen molar-refractivity contribution < 1.29 is 9.47 Å². The second-order valence-corrected chi connectivity index (χ2v) is 5.98. The zero-order valence-corrected chi connectivity index (χ0v) is 18.8. The van der Waals surface area contributed by atoms with Crippen LogP contribution >= 0.6 is 24.0 Å². The highest BCUT2D eigenvalue weighted by atomic mass is 127. The Bertz CT molecular complexity index is 688. The van der Waals surface area contributed by atoms with Gasteiger partial charge in [0.2, 0.25) is 5.88 Å². The molecule has 0 aliphatic carbocycles. The van der Waals surface area contributed by atoms with E-state index < -0.39 is 0 Å². The fourth-order valence-corrected chi connectivity index (χ4v) is 2.43. The van der Waals surface area contributed by atoms with Crippen molar-refractivity contribution in [2.24, 2.45) is 12.0 Å². The Kier molecular flexibility index (Phi) is 10.8. The van der Waals surface area contributed by atoms with E-state index in [2.05, 4.69) is 52.1 Å². The summed E-state index contributed by atoms with van der Waals surface area (Å²) in [6.45, 7) is 5.29. The van der Waals surface area contributed by atoms with Gasteiger partial charge in [0.25, 0.3) is 0 Å². The molecule has 0 aromatic carbocycles. The molecule has 0 spiro atoms. The Balaban J connectivity index is 0.00000364. The SMILES string of the molecule is CCNC(=NCc1ccc(OCCOC)nc1)N(C)Cc1cccn1C.I. The first kappa shape index (κ1) is 23.2. The van der Waals surface area contributed by atoms with E-state index in [1.807, 2.05) is 19.2 Å². The maximum Gasteiger partial charge on any atom is 0.213 e. The van der Waals surface area contributed by atoms with Gasteiger partial charge in [-0.15, -0.1) is 24.0 Å². The average molecular weight is 487 g/mol. The maximum absolute atomic E-state index is 5.48. The van der Waals surface area contributed by atoms with E-state index in [4.69, 9.17) is 14.5 Å². The third-order valence-corrected chi connectivity index (χ3v) is 3.89. The predicted molar refractivity (Wildman–Crippen MR) is 119 cm³/mol. The van der Waals surface area contributed by atoms with Gasteiger partial charge in [0.15, 0.2) is 5.96 Å². The van der Waals surface area contributed by atoms with Crippen molar-refractivity contribution in [2.75, 3.05) is 33.9 Å². The standard InChI is InChI=1S/C19H29N5O2.HI/c1-5-20-19(24(3)15-17-7-6-10-23(17)2)22-14-16-8-9-18(21-13-16)26-12-11-25-4;/h6-10,13H,5,11-12,14-15H2,1-4H3,(H,20,22);1H. The molecule has 0 saturated heterocycles. The Morgan fingerprint density at radius 3 is 2.70 bits per heavy atom. The van der Waals surface area contributed by atoms with Crippen molar-refractivity contribution in [3.8, 4) is 5.88 Å². The molecule has 0 bridgehead atoms. The fraction of sp³-hybridized carbons (Fsp3) is 0.474. The normalized spacial score (nSPS) is 11.0. The van der Waals surface area contributed by atoms with Gasteiger partial charge in [-0.05, 0) is 24.6 Å². The van der Waals surface area contributed by atoms with Gasteiger partial charge in [-0.2, -0.15) is 0 Å². The van der Waals surface area contributed by atoms with Crippen LogP contribution in [0.4, 0.5) is 0 Å². The molecule has 0 saturated carbocycles. The number of nitrogens with zero attached hydrogens (tertiary/aromatic N) is 4. The van der Waals surface area contributed by atoms with E-state index in [-0.39, 0.29) is 24.0 Å². The van der Waals surface area contributed by atoms with Gasteiger partial charge >= 0.3 is 0 Å². The van der Waals surface area contributed by atoms with E-state index >= 15 is 0 Å². The predicted octanol–water partition coefficient (Wildman–Crippen LogP) is 2.66. The van der Waals surface area contributed by atoms with Crippen molar-refractivity contribution in [1.82, 2.24) is 19.8 Å². The monoisotopic (exact) mass is 487 g/mol. The van der Waals surface area contributed by atoms with Crippen molar-refractivity contribution >= 4 is 29.9 Å². The lowest BCUT2D eigenvalue weighted by molar-refractivity contribution is 0.143. The number of aliphatic imine (C=N–C) groups is 1. The molecule has 0 unspecified atom stereocenters. The molecule has 2 heterocycles. The van der Waals surface area contributed by atoms with Crippen LogP contribution in [0.5, 0.6) is 5.88 Å². The van der Waals surface area contributed by atoms with Crippen molar-refractivity contribution in [3.05, 3.63) is 47.9 Å². The quantitative estimate of drug-likeness (QED) is 0.255. The van der Waals surface area contributed by atoms with Crippen LogP contribution in [0.15, 0.2) is 41.7 Å². The minimum atomic E-state index is 0. The molecular formula is C19H30IN5O2. The molecule has 0 aliphatic rings. The lowest BCUT2D eigenvalue weighted by atomic mass is 10.3. The molecule has 0 radical (unpaired) electrons. The van der Waals surface area contributed by atoms with Crippen LogP contribution in [-0.4, -0.2) is 54.3 Å².